The van der Waals surface area contributed by atoms with E-state index in [4.69, 9.17) is 5.73 Å². The van der Waals surface area contributed by atoms with Gasteiger partial charge in [0.2, 0.25) is 5.95 Å². The predicted octanol–water partition coefficient (Wildman–Crippen LogP) is 4.52. The second-order valence-electron chi connectivity index (χ2n) is 5.93. The molecular formula is C21H18N4. The molecule has 0 atom stereocenters. The van der Waals surface area contributed by atoms with E-state index in [-0.39, 0.29) is 5.95 Å². The molecule has 2 N–H and O–H groups in total. The Morgan fingerprint density at radius 2 is 1.48 bits per heavy atom. The van der Waals surface area contributed by atoms with Gasteiger partial charge in [0.1, 0.15) is 0 Å². The van der Waals surface area contributed by atoms with Gasteiger partial charge in [0, 0.05) is 11.1 Å². The van der Waals surface area contributed by atoms with Crippen molar-refractivity contribution in [3.8, 4) is 22.5 Å². The summed E-state index contributed by atoms with van der Waals surface area (Å²) in [4.78, 5) is 13.3. The minimum atomic E-state index is 0.241. The molecule has 4 nitrogen and oxygen atoms in total. The number of anilines is 1. The molecule has 0 bridgehead atoms. The Bertz CT molecular complexity index is 959. The van der Waals surface area contributed by atoms with E-state index < -0.39 is 0 Å². The second-order valence-corrected chi connectivity index (χ2v) is 5.93. The largest absolute Gasteiger partial charge is 0.368 e. The average molecular weight is 326 g/mol. The lowest BCUT2D eigenvalue weighted by Gasteiger charge is -2.09. The molecule has 122 valence electrons. The topological polar surface area (TPSA) is 64.7 Å². The van der Waals surface area contributed by atoms with Crippen molar-refractivity contribution in [2.45, 2.75) is 12.8 Å². The first-order valence-electron chi connectivity index (χ1n) is 8.34. The summed E-state index contributed by atoms with van der Waals surface area (Å²) in [5, 5.41) is 0. The van der Waals surface area contributed by atoms with Gasteiger partial charge in [-0.3, -0.25) is 0 Å². The summed E-state index contributed by atoms with van der Waals surface area (Å²) in [7, 11) is 0. The first-order valence-corrected chi connectivity index (χ1v) is 8.34. The zero-order valence-corrected chi connectivity index (χ0v) is 13.8. The third-order valence-corrected chi connectivity index (χ3v) is 4.13. The average Bonchev–Trinajstić information content (AvgIpc) is 2.69. The lowest BCUT2D eigenvalue weighted by Crippen LogP contribution is -2.04. The quantitative estimate of drug-likeness (QED) is 0.768. The Morgan fingerprint density at radius 3 is 2.28 bits per heavy atom. The van der Waals surface area contributed by atoms with E-state index in [1.807, 2.05) is 36.4 Å². The van der Waals surface area contributed by atoms with E-state index in [1.165, 1.54) is 0 Å². The van der Waals surface area contributed by atoms with Crippen molar-refractivity contribution in [1.29, 1.82) is 0 Å². The molecule has 1 aromatic heterocycles. The number of hydrogen-bond donors (Lipinski definition) is 1. The molecule has 1 aliphatic rings. The normalized spacial score (nSPS) is 13.5. The maximum atomic E-state index is 5.94. The molecule has 1 aliphatic carbocycles. The molecule has 1 heterocycles. The Balaban J connectivity index is 1.76. The monoisotopic (exact) mass is 326 g/mol. The van der Waals surface area contributed by atoms with Gasteiger partial charge in [-0.25, -0.2) is 4.98 Å². The van der Waals surface area contributed by atoms with Gasteiger partial charge in [0.05, 0.1) is 0 Å². The number of nitrogen functional groups attached to an aromatic ring is 1. The number of nitrogens with zero attached hydrogens (tertiary/aromatic N) is 3. The van der Waals surface area contributed by atoms with Crippen LogP contribution in [0.5, 0.6) is 0 Å². The van der Waals surface area contributed by atoms with Gasteiger partial charge >= 0.3 is 0 Å². The summed E-state index contributed by atoms with van der Waals surface area (Å²) < 4.78 is 0. The number of allylic oxidation sites excluding steroid dienone is 4. The van der Waals surface area contributed by atoms with Crippen LogP contribution in [0.4, 0.5) is 5.95 Å². The van der Waals surface area contributed by atoms with E-state index in [0.717, 1.165) is 35.1 Å². The van der Waals surface area contributed by atoms with E-state index in [0.29, 0.717) is 11.6 Å². The first-order chi connectivity index (χ1) is 12.3. The molecule has 0 fully saturated rings. The minimum absolute atomic E-state index is 0.241. The van der Waals surface area contributed by atoms with Crippen molar-refractivity contribution in [2.24, 2.45) is 0 Å². The van der Waals surface area contributed by atoms with E-state index in [1.54, 1.807) is 0 Å². The van der Waals surface area contributed by atoms with Crippen LogP contribution in [0.2, 0.25) is 0 Å². The van der Waals surface area contributed by atoms with Crippen LogP contribution < -0.4 is 5.73 Å². The van der Waals surface area contributed by atoms with Crippen LogP contribution >= 0.6 is 0 Å². The molecule has 2 aromatic carbocycles. The molecular weight excluding hydrogens is 308 g/mol. The molecule has 3 aromatic rings. The molecule has 0 saturated heterocycles. The van der Waals surface area contributed by atoms with Crippen molar-refractivity contribution in [3.05, 3.63) is 78.6 Å². The van der Waals surface area contributed by atoms with Gasteiger partial charge in [-0.2, -0.15) is 9.97 Å². The van der Waals surface area contributed by atoms with E-state index >= 15 is 0 Å². The fraction of sp³-hybridized carbons (Fsp3) is 0.0952. The van der Waals surface area contributed by atoms with Crippen LogP contribution in [0.1, 0.15) is 18.7 Å². The number of benzene rings is 2. The second kappa shape index (κ2) is 6.69. The van der Waals surface area contributed by atoms with Crippen molar-refractivity contribution in [3.63, 3.8) is 0 Å². The first kappa shape index (κ1) is 15.3. The van der Waals surface area contributed by atoms with Crippen molar-refractivity contribution in [1.82, 2.24) is 15.0 Å². The molecule has 0 unspecified atom stereocenters. The van der Waals surface area contributed by atoms with Crippen molar-refractivity contribution in [2.75, 3.05) is 5.73 Å². The van der Waals surface area contributed by atoms with Gasteiger partial charge in [0.25, 0.3) is 0 Å². The van der Waals surface area contributed by atoms with E-state index in [2.05, 4.69) is 51.4 Å². The maximum absolute atomic E-state index is 5.94. The number of nitrogens with two attached hydrogens (primary N) is 1. The number of hydrogen-bond acceptors (Lipinski definition) is 4. The SMILES string of the molecule is Nc1nc(C2=CCCC=C2)nc(-c2cccc(-c3ccccc3)c2)n1. The number of aromatic nitrogens is 3. The van der Waals surface area contributed by atoms with Crippen LogP contribution in [0.15, 0.2) is 72.8 Å². The smallest absolute Gasteiger partial charge is 0.224 e. The van der Waals surface area contributed by atoms with Gasteiger partial charge in [-0.1, -0.05) is 66.8 Å². The molecule has 25 heavy (non-hydrogen) atoms. The van der Waals surface area contributed by atoms with Gasteiger partial charge < -0.3 is 5.73 Å². The third-order valence-electron chi connectivity index (χ3n) is 4.13. The van der Waals surface area contributed by atoms with Crippen LogP contribution in [-0.2, 0) is 0 Å². The summed E-state index contributed by atoms with van der Waals surface area (Å²) in [5.74, 6) is 1.47. The summed E-state index contributed by atoms with van der Waals surface area (Å²) in [6, 6.07) is 18.4. The highest BCUT2D eigenvalue weighted by Crippen LogP contribution is 2.26. The highest BCUT2D eigenvalue weighted by Gasteiger charge is 2.11. The summed E-state index contributed by atoms with van der Waals surface area (Å²) >= 11 is 0. The molecule has 4 rings (SSSR count). The van der Waals surface area contributed by atoms with Crippen molar-refractivity contribution < 1.29 is 0 Å². The van der Waals surface area contributed by atoms with Crippen LogP contribution in [-0.4, -0.2) is 15.0 Å². The fourth-order valence-corrected chi connectivity index (χ4v) is 2.90. The zero-order valence-electron chi connectivity index (χ0n) is 13.8. The molecule has 0 saturated carbocycles. The summed E-state index contributed by atoms with van der Waals surface area (Å²) in [6.45, 7) is 0. The van der Waals surface area contributed by atoms with E-state index in [9.17, 15) is 0 Å². The Hall–Kier alpha value is -3.27. The van der Waals surface area contributed by atoms with Gasteiger partial charge in [-0.15, -0.1) is 0 Å². The molecule has 0 radical (unpaired) electrons. The standard InChI is InChI=1S/C21H18N4/c22-21-24-19(16-10-5-2-6-11-16)23-20(25-21)18-13-7-12-17(14-18)15-8-3-1-4-9-15/h1,3-5,7-14H,2,6H2,(H2,22,23,24,25). The summed E-state index contributed by atoms with van der Waals surface area (Å²) in [5.41, 5.74) is 10.1. The van der Waals surface area contributed by atoms with Crippen LogP contribution in [0, 0.1) is 0 Å². The zero-order chi connectivity index (χ0) is 17.1. The fourth-order valence-electron chi connectivity index (χ4n) is 2.90. The highest BCUT2D eigenvalue weighted by atomic mass is 15.1. The molecule has 0 spiro atoms. The molecule has 4 heteroatoms. The highest BCUT2D eigenvalue weighted by molar-refractivity contribution is 5.74. The Labute approximate surface area is 146 Å². The number of rotatable bonds is 3. The third kappa shape index (κ3) is 3.33. The maximum Gasteiger partial charge on any atom is 0.224 e. The lowest BCUT2D eigenvalue weighted by atomic mass is 10.0. The Morgan fingerprint density at radius 1 is 0.720 bits per heavy atom. The molecule has 0 aliphatic heterocycles. The van der Waals surface area contributed by atoms with Crippen LogP contribution in [0.3, 0.4) is 0 Å². The van der Waals surface area contributed by atoms with Gasteiger partial charge in [-0.05, 0) is 30.0 Å². The van der Waals surface area contributed by atoms with Crippen LogP contribution in [0.25, 0.3) is 28.1 Å². The minimum Gasteiger partial charge on any atom is -0.368 e. The Kier molecular flexibility index (Phi) is 4.09. The van der Waals surface area contributed by atoms with Gasteiger partial charge in [0.15, 0.2) is 11.6 Å². The lowest BCUT2D eigenvalue weighted by molar-refractivity contribution is 1.01. The van der Waals surface area contributed by atoms with Crippen molar-refractivity contribution >= 4 is 11.5 Å². The summed E-state index contributed by atoms with van der Waals surface area (Å²) in [6.07, 6.45) is 8.36. The molecule has 0 amide bonds. The predicted molar refractivity (Wildman–Crippen MR) is 101 cm³/mol.